The standard InChI is InChI=1S/C19H28F3N5O.HI/c1-15(28)27-13-11-26(12-14-27)10-9-25-18(23-2)24-8-7-16-3-5-17(6-4-16)19(20,21)22;/h3-6H,7-14H2,1-2H3,(H2,23,24,25);1H. The van der Waals surface area contributed by atoms with Crippen molar-refractivity contribution in [3.05, 3.63) is 35.4 Å². The van der Waals surface area contributed by atoms with Crippen LogP contribution in [-0.4, -0.2) is 74.5 Å². The summed E-state index contributed by atoms with van der Waals surface area (Å²) in [6.45, 7) is 6.98. The highest BCUT2D eigenvalue weighted by Gasteiger charge is 2.29. The summed E-state index contributed by atoms with van der Waals surface area (Å²) in [4.78, 5) is 19.6. The van der Waals surface area contributed by atoms with Gasteiger partial charge in [0, 0.05) is 59.8 Å². The van der Waals surface area contributed by atoms with Gasteiger partial charge in [0.25, 0.3) is 0 Å². The minimum Gasteiger partial charge on any atom is -0.356 e. The Bertz CT molecular complexity index is 659. The maximum Gasteiger partial charge on any atom is 0.416 e. The van der Waals surface area contributed by atoms with Gasteiger partial charge in [0.2, 0.25) is 5.91 Å². The molecule has 1 amide bonds. The number of aliphatic imine (C=N–C) groups is 1. The van der Waals surface area contributed by atoms with E-state index in [0.717, 1.165) is 57.0 Å². The van der Waals surface area contributed by atoms with Crippen molar-refractivity contribution in [2.75, 3.05) is 52.9 Å². The normalized spacial score (nSPS) is 15.6. The zero-order valence-electron chi connectivity index (χ0n) is 16.8. The largest absolute Gasteiger partial charge is 0.416 e. The Labute approximate surface area is 186 Å². The van der Waals surface area contributed by atoms with Gasteiger partial charge in [-0.3, -0.25) is 14.7 Å². The third-order valence-corrected chi connectivity index (χ3v) is 4.75. The van der Waals surface area contributed by atoms with E-state index in [1.165, 1.54) is 12.1 Å². The van der Waals surface area contributed by atoms with Crippen molar-refractivity contribution in [1.82, 2.24) is 20.4 Å². The second kappa shape index (κ2) is 12.2. The van der Waals surface area contributed by atoms with E-state index in [1.807, 2.05) is 4.90 Å². The number of nitrogens with one attached hydrogen (secondary N) is 2. The zero-order chi connectivity index (χ0) is 20.6. The fraction of sp³-hybridized carbons (Fsp3) is 0.579. The minimum absolute atomic E-state index is 0. The SMILES string of the molecule is CN=C(NCCc1ccc(C(F)(F)F)cc1)NCCN1CCN(C(C)=O)CC1.I. The first-order valence-corrected chi connectivity index (χ1v) is 9.38. The molecule has 29 heavy (non-hydrogen) atoms. The van der Waals surface area contributed by atoms with Gasteiger partial charge in [-0.2, -0.15) is 13.2 Å². The molecular formula is C19H29F3IN5O. The van der Waals surface area contributed by atoms with Crippen molar-refractivity contribution in [3.63, 3.8) is 0 Å². The van der Waals surface area contributed by atoms with Crippen molar-refractivity contribution in [2.45, 2.75) is 19.5 Å². The average molecular weight is 527 g/mol. The van der Waals surface area contributed by atoms with Gasteiger partial charge < -0.3 is 15.5 Å². The highest BCUT2D eigenvalue weighted by molar-refractivity contribution is 14.0. The lowest BCUT2D eigenvalue weighted by Crippen LogP contribution is -2.50. The number of halogens is 4. The van der Waals surface area contributed by atoms with Crippen LogP contribution in [0.15, 0.2) is 29.3 Å². The second-order valence-electron chi connectivity index (χ2n) is 6.72. The first-order valence-electron chi connectivity index (χ1n) is 9.38. The molecule has 6 nitrogen and oxygen atoms in total. The topological polar surface area (TPSA) is 60.0 Å². The van der Waals surface area contributed by atoms with Gasteiger partial charge in [-0.15, -0.1) is 24.0 Å². The molecule has 0 unspecified atom stereocenters. The molecule has 1 aromatic carbocycles. The Morgan fingerprint density at radius 1 is 1.07 bits per heavy atom. The zero-order valence-corrected chi connectivity index (χ0v) is 19.1. The van der Waals surface area contributed by atoms with E-state index < -0.39 is 11.7 Å². The molecule has 0 bridgehead atoms. The van der Waals surface area contributed by atoms with Gasteiger partial charge in [-0.05, 0) is 24.1 Å². The predicted octanol–water partition coefficient (Wildman–Crippen LogP) is 2.20. The molecule has 1 fully saturated rings. The van der Waals surface area contributed by atoms with Crippen LogP contribution in [0.3, 0.4) is 0 Å². The summed E-state index contributed by atoms with van der Waals surface area (Å²) in [6.07, 6.45) is -3.70. The molecule has 1 heterocycles. The van der Waals surface area contributed by atoms with E-state index in [9.17, 15) is 18.0 Å². The van der Waals surface area contributed by atoms with Gasteiger partial charge in [-0.1, -0.05) is 12.1 Å². The Morgan fingerprint density at radius 2 is 1.66 bits per heavy atom. The fourth-order valence-corrected chi connectivity index (χ4v) is 3.03. The molecule has 1 aliphatic heterocycles. The Balaban J connectivity index is 0.00000420. The Morgan fingerprint density at radius 3 is 2.17 bits per heavy atom. The quantitative estimate of drug-likeness (QED) is 0.339. The number of hydrogen-bond donors (Lipinski definition) is 2. The van der Waals surface area contributed by atoms with Crippen LogP contribution in [-0.2, 0) is 17.4 Å². The summed E-state index contributed by atoms with van der Waals surface area (Å²) in [6, 6.07) is 5.21. The monoisotopic (exact) mass is 527 g/mol. The lowest BCUT2D eigenvalue weighted by Gasteiger charge is -2.34. The first kappa shape index (κ1) is 25.5. The van der Waals surface area contributed by atoms with Crippen LogP contribution < -0.4 is 10.6 Å². The molecule has 164 valence electrons. The van der Waals surface area contributed by atoms with Crippen molar-refractivity contribution in [1.29, 1.82) is 0 Å². The smallest absolute Gasteiger partial charge is 0.356 e. The molecule has 2 rings (SSSR count). The molecule has 1 aromatic rings. The number of hydrogen-bond acceptors (Lipinski definition) is 3. The van der Waals surface area contributed by atoms with E-state index >= 15 is 0 Å². The van der Waals surface area contributed by atoms with E-state index in [4.69, 9.17) is 0 Å². The molecule has 0 radical (unpaired) electrons. The van der Waals surface area contributed by atoms with Crippen LogP contribution in [0.25, 0.3) is 0 Å². The van der Waals surface area contributed by atoms with Crippen LogP contribution in [0.5, 0.6) is 0 Å². The summed E-state index contributed by atoms with van der Waals surface area (Å²) in [5.41, 5.74) is 0.199. The molecule has 10 heteroatoms. The molecule has 1 aliphatic rings. The maximum absolute atomic E-state index is 12.6. The number of piperazine rings is 1. The lowest BCUT2D eigenvalue weighted by molar-refractivity contribution is -0.137. The Hall–Kier alpha value is -1.56. The number of carbonyl (C=O) groups excluding carboxylic acids is 1. The van der Waals surface area contributed by atoms with Crippen molar-refractivity contribution >= 4 is 35.8 Å². The number of carbonyl (C=O) groups is 1. The van der Waals surface area contributed by atoms with Crippen LogP contribution in [0.4, 0.5) is 13.2 Å². The summed E-state index contributed by atoms with van der Waals surface area (Å²) in [7, 11) is 1.68. The second-order valence-corrected chi connectivity index (χ2v) is 6.72. The van der Waals surface area contributed by atoms with Gasteiger partial charge >= 0.3 is 6.18 Å². The van der Waals surface area contributed by atoms with Crippen LogP contribution in [0.2, 0.25) is 0 Å². The minimum atomic E-state index is -4.30. The third kappa shape index (κ3) is 8.77. The molecule has 0 aliphatic carbocycles. The summed E-state index contributed by atoms with van der Waals surface area (Å²) >= 11 is 0. The molecule has 1 saturated heterocycles. The van der Waals surface area contributed by atoms with Gasteiger partial charge in [0.05, 0.1) is 5.56 Å². The molecule has 0 aromatic heterocycles. The number of benzene rings is 1. The summed E-state index contributed by atoms with van der Waals surface area (Å²) in [5.74, 6) is 0.782. The number of rotatable bonds is 6. The van der Waals surface area contributed by atoms with Crippen molar-refractivity contribution in [3.8, 4) is 0 Å². The summed E-state index contributed by atoms with van der Waals surface area (Å²) in [5, 5.41) is 6.40. The molecule has 0 atom stereocenters. The molecule has 0 spiro atoms. The maximum atomic E-state index is 12.6. The van der Waals surface area contributed by atoms with E-state index in [1.54, 1.807) is 14.0 Å². The van der Waals surface area contributed by atoms with E-state index in [2.05, 4.69) is 20.5 Å². The van der Waals surface area contributed by atoms with Crippen molar-refractivity contribution < 1.29 is 18.0 Å². The van der Waals surface area contributed by atoms with Gasteiger partial charge in [0.15, 0.2) is 5.96 Å². The van der Waals surface area contributed by atoms with Crippen LogP contribution in [0, 0.1) is 0 Å². The predicted molar refractivity (Wildman–Crippen MR) is 119 cm³/mol. The lowest BCUT2D eigenvalue weighted by atomic mass is 10.1. The first-order chi connectivity index (χ1) is 13.3. The summed E-state index contributed by atoms with van der Waals surface area (Å²) < 4.78 is 37.7. The van der Waals surface area contributed by atoms with Crippen LogP contribution in [0.1, 0.15) is 18.1 Å². The number of guanidine groups is 1. The third-order valence-electron chi connectivity index (χ3n) is 4.75. The van der Waals surface area contributed by atoms with Gasteiger partial charge in [0.1, 0.15) is 0 Å². The van der Waals surface area contributed by atoms with E-state index in [-0.39, 0.29) is 29.9 Å². The number of alkyl halides is 3. The number of nitrogens with zero attached hydrogens (tertiary/aromatic N) is 3. The fourth-order valence-electron chi connectivity index (χ4n) is 3.03. The molecular weight excluding hydrogens is 498 g/mol. The van der Waals surface area contributed by atoms with E-state index in [0.29, 0.717) is 18.9 Å². The Kier molecular flexibility index (Phi) is 10.7. The highest BCUT2D eigenvalue weighted by atomic mass is 127. The molecule has 2 N–H and O–H groups in total. The number of amides is 1. The van der Waals surface area contributed by atoms with Crippen molar-refractivity contribution in [2.24, 2.45) is 4.99 Å². The highest BCUT2D eigenvalue weighted by Crippen LogP contribution is 2.29. The molecule has 0 saturated carbocycles. The average Bonchev–Trinajstić information content (AvgIpc) is 2.67. The van der Waals surface area contributed by atoms with Gasteiger partial charge in [-0.25, -0.2) is 0 Å². The van der Waals surface area contributed by atoms with Crippen LogP contribution >= 0.6 is 24.0 Å².